The maximum Gasteiger partial charge on any atom is 0.132 e. The Morgan fingerprint density at radius 1 is 1.14 bits per heavy atom. The maximum absolute atomic E-state index is 9.32. The molecule has 0 unspecified atom stereocenters. The molecule has 6 heteroatoms. The van der Waals surface area contributed by atoms with Crippen LogP contribution in [0.3, 0.4) is 0 Å². The van der Waals surface area contributed by atoms with Gasteiger partial charge in [-0.2, -0.15) is 0 Å². The van der Waals surface area contributed by atoms with Crippen molar-refractivity contribution in [3.8, 4) is 11.5 Å². The minimum Gasteiger partial charge on any atom is -0.494 e. The molecule has 6 nitrogen and oxygen atoms in total. The van der Waals surface area contributed by atoms with Crippen molar-refractivity contribution < 1.29 is 14.6 Å². The molecule has 114 valence electrons. The third-order valence-electron chi connectivity index (χ3n) is 3.02. The van der Waals surface area contributed by atoms with Gasteiger partial charge in [0, 0.05) is 6.04 Å². The SMILES string of the molecule is CCOc1ccc(OCc2c(CO)nnn2C(C)C)cc1. The molecule has 1 aromatic heterocycles. The lowest BCUT2D eigenvalue weighted by Gasteiger charge is -2.12. The number of benzene rings is 1. The molecule has 0 aliphatic carbocycles. The van der Waals surface area contributed by atoms with Crippen LogP contribution in [0.2, 0.25) is 0 Å². The number of aliphatic hydroxyl groups excluding tert-OH is 1. The molecular formula is C15H21N3O3. The number of rotatable bonds is 7. The molecule has 0 bridgehead atoms. The minimum absolute atomic E-state index is 0.144. The van der Waals surface area contributed by atoms with Gasteiger partial charge in [-0.25, -0.2) is 4.68 Å². The Morgan fingerprint density at radius 2 is 1.76 bits per heavy atom. The number of aliphatic hydroxyl groups is 1. The van der Waals surface area contributed by atoms with Gasteiger partial charge in [0.15, 0.2) is 0 Å². The van der Waals surface area contributed by atoms with Crippen LogP contribution < -0.4 is 9.47 Å². The van der Waals surface area contributed by atoms with Crippen molar-refractivity contribution in [2.24, 2.45) is 0 Å². The van der Waals surface area contributed by atoms with Crippen molar-refractivity contribution in [3.63, 3.8) is 0 Å². The molecule has 0 aliphatic heterocycles. The van der Waals surface area contributed by atoms with Crippen molar-refractivity contribution in [1.82, 2.24) is 15.0 Å². The van der Waals surface area contributed by atoms with Crippen LogP contribution in [0, 0.1) is 0 Å². The molecule has 0 fully saturated rings. The fraction of sp³-hybridized carbons (Fsp3) is 0.467. The van der Waals surface area contributed by atoms with E-state index in [1.165, 1.54) is 0 Å². The molecule has 1 aromatic carbocycles. The van der Waals surface area contributed by atoms with E-state index in [9.17, 15) is 5.11 Å². The van der Waals surface area contributed by atoms with E-state index in [2.05, 4.69) is 10.3 Å². The highest BCUT2D eigenvalue weighted by Gasteiger charge is 2.14. The summed E-state index contributed by atoms with van der Waals surface area (Å²) in [6, 6.07) is 7.60. The van der Waals surface area contributed by atoms with Crippen LogP contribution in [-0.2, 0) is 13.2 Å². The third kappa shape index (κ3) is 3.72. The first-order valence-electron chi connectivity index (χ1n) is 7.05. The van der Waals surface area contributed by atoms with Crippen molar-refractivity contribution in [1.29, 1.82) is 0 Å². The van der Waals surface area contributed by atoms with Gasteiger partial charge in [0.25, 0.3) is 0 Å². The molecule has 2 aromatic rings. The lowest BCUT2D eigenvalue weighted by molar-refractivity contribution is 0.260. The number of ether oxygens (including phenoxy) is 2. The molecule has 0 radical (unpaired) electrons. The van der Waals surface area contributed by atoms with E-state index < -0.39 is 0 Å². The topological polar surface area (TPSA) is 69.4 Å². The second-order valence-corrected chi connectivity index (χ2v) is 4.87. The molecule has 2 rings (SSSR count). The first-order chi connectivity index (χ1) is 10.2. The van der Waals surface area contributed by atoms with E-state index in [1.807, 2.05) is 45.0 Å². The second-order valence-electron chi connectivity index (χ2n) is 4.87. The van der Waals surface area contributed by atoms with Crippen molar-refractivity contribution in [2.45, 2.75) is 40.0 Å². The van der Waals surface area contributed by atoms with Crippen LogP contribution in [-0.4, -0.2) is 26.7 Å². The maximum atomic E-state index is 9.32. The summed E-state index contributed by atoms with van der Waals surface area (Å²) in [5.74, 6) is 1.55. The minimum atomic E-state index is -0.144. The molecule has 0 saturated heterocycles. The highest BCUT2D eigenvalue weighted by Crippen LogP contribution is 2.20. The largest absolute Gasteiger partial charge is 0.494 e. The van der Waals surface area contributed by atoms with Crippen LogP contribution in [0.4, 0.5) is 0 Å². The Hall–Kier alpha value is -2.08. The number of hydrogen-bond acceptors (Lipinski definition) is 5. The van der Waals surface area contributed by atoms with Gasteiger partial charge in [-0.05, 0) is 45.0 Å². The van der Waals surface area contributed by atoms with Gasteiger partial charge in [0.1, 0.15) is 29.5 Å². The number of aromatic nitrogens is 3. The van der Waals surface area contributed by atoms with Gasteiger partial charge in [-0.1, -0.05) is 5.21 Å². The van der Waals surface area contributed by atoms with Gasteiger partial charge in [-0.15, -0.1) is 5.10 Å². The molecule has 21 heavy (non-hydrogen) atoms. The van der Waals surface area contributed by atoms with Crippen LogP contribution in [0.5, 0.6) is 11.5 Å². The molecule has 0 aliphatic rings. The zero-order chi connectivity index (χ0) is 15.2. The van der Waals surface area contributed by atoms with E-state index >= 15 is 0 Å². The van der Waals surface area contributed by atoms with E-state index in [-0.39, 0.29) is 12.6 Å². The Bertz CT molecular complexity index is 564. The molecular weight excluding hydrogens is 270 g/mol. The van der Waals surface area contributed by atoms with Gasteiger partial charge in [0.2, 0.25) is 0 Å². The summed E-state index contributed by atoms with van der Waals surface area (Å²) in [6.07, 6.45) is 0. The van der Waals surface area contributed by atoms with Gasteiger partial charge >= 0.3 is 0 Å². The highest BCUT2D eigenvalue weighted by atomic mass is 16.5. The van der Waals surface area contributed by atoms with E-state index in [1.54, 1.807) is 4.68 Å². The molecule has 1 heterocycles. The lowest BCUT2D eigenvalue weighted by atomic mass is 10.3. The van der Waals surface area contributed by atoms with Gasteiger partial charge in [0.05, 0.1) is 13.2 Å². The van der Waals surface area contributed by atoms with Crippen LogP contribution >= 0.6 is 0 Å². The normalized spacial score (nSPS) is 10.9. The molecule has 0 spiro atoms. The van der Waals surface area contributed by atoms with Crippen LogP contribution in [0.25, 0.3) is 0 Å². The zero-order valence-corrected chi connectivity index (χ0v) is 12.6. The summed E-state index contributed by atoms with van der Waals surface area (Å²) in [5, 5.41) is 17.3. The van der Waals surface area contributed by atoms with E-state index in [4.69, 9.17) is 9.47 Å². The van der Waals surface area contributed by atoms with Gasteiger partial charge < -0.3 is 14.6 Å². The first-order valence-corrected chi connectivity index (χ1v) is 7.05. The molecule has 1 N–H and O–H groups in total. The smallest absolute Gasteiger partial charge is 0.132 e. The molecule has 0 atom stereocenters. The van der Waals surface area contributed by atoms with Crippen molar-refractivity contribution >= 4 is 0 Å². The average Bonchev–Trinajstić information content (AvgIpc) is 2.90. The second kappa shape index (κ2) is 7.08. The Labute approximate surface area is 124 Å². The fourth-order valence-electron chi connectivity index (χ4n) is 1.98. The zero-order valence-electron chi connectivity index (χ0n) is 12.6. The summed E-state index contributed by atoms with van der Waals surface area (Å²) in [5.41, 5.74) is 1.34. The quantitative estimate of drug-likeness (QED) is 0.848. The van der Waals surface area contributed by atoms with E-state index in [0.29, 0.717) is 18.9 Å². The predicted molar refractivity (Wildman–Crippen MR) is 78.3 cm³/mol. The van der Waals surface area contributed by atoms with Crippen molar-refractivity contribution in [2.75, 3.05) is 6.61 Å². The summed E-state index contributed by atoms with van der Waals surface area (Å²) in [6.45, 7) is 6.77. The van der Waals surface area contributed by atoms with E-state index in [0.717, 1.165) is 17.2 Å². The van der Waals surface area contributed by atoms with Crippen molar-refractivity contribution in [3.05, 3.63) is 35.7 Å². The molecule has 0 saturated carbocycles. The third-order valence-corrected chi connectivity index (χ3v) is 3.02. The average molecular weight is 291 g/mol. The summed E-state index contributed by atoms with van der Waals surface area (Å²) in [4.78, 5) is 0. The standard InChI is InChI=1S/C15H21N3O3/c1-4-20-12-5-7-13(8-6-12)21-10-15-14(9-19)16-17-18(15)11(2)3/h5-8,11,19H,4,9-10H2,1-3H3. The summed E-state index contributed by atoms with van der Waals surface area (Å²) in [7, 11) is 0. The fourth-order valence-corrected chi connectivity index (χ4v) is 1.98. The Balaban J connectivity index is 2.07. The lowest BCUT2D eigenvalue weighted by Crippen LogP contribution is -2.11. The number of hydrogen-bond donors (Lipinski definition) is 1. The Kier molecular flexibility index (Phi) is 5.16. The van der Waals surface area contributed by atoms with Gasteiger partial charge in [-0.3, -0.25) is 0 Å². The summed E-state index contributed by atoms with van der Waals surface area (Å²) >= 11 is 0. The monoisotopic (exact) mass is 291 g/mol. The number of nitrogens with zero attached hydrogens (tertiary/aromatic N) is 3. The first kappa shape index (κ1) is 15.3. The van der Waals surface area contributed by atoms with Crippen LogP contribution in [0.1, 0.15) is 38.2 Å². The van der Waals surface area contributed by atoms with Crippen LogP contribution in [0.15, 0.2) is 24.3 Å². The Morgan fingerprint density at radius 3 is 2.29 bits per heavy atom. The highest BCUT2D eigenvalue weighted by molar-refractivity contribution is 5.31. The molecule has 0 amide bonds. The summed E-state index contributed by atoms with van der Waals surface area (Å²) < 4.78 is 12.9. The predicted octanol–water partition coefficient (Wildman–Crippen LogP) is 2.33.